The zero-order chi connectivity index (χ0) is 22.2. The number of ether oxygens (including phenoxy) is 1. The second kappa shape index (κ2) is 11.2. The Kier molecular flexibility index (Phi) is 7.91. The lowest BCUT2D eigenvalue weighted by Gasteiger charge is -2.10. The first-order valence-electron chi connectivity index (χ1n) is 10.7. The van der Waals surface area contributed by atoms with E-state index in [1.807, 2.05) is 18.2 Å². The molecule has 0 unspecified atom stereocenters. The summed E-state index contributed by atoms with van der Waals surface area (Å²) in [4.78, 5) is 1.24. The van der Waals surface area contributed by atoms with E-state index in [0.29, 0.717) is 6.61 Å². The van der Waals surface area contributed by atoms with Crippen LogP contribution in [0.2, 0.25) is 0 Å². The van der Waals surface area contributed by atoms with E-state index in [1.165, 1.54) is 16.0 Å². The van der Waals surface area contributed by atoms with Gasteiger partial charge in [-0.05, 0) is 62.2 Å². The van der Waals surface area contributed by atoms with Crippen molar-refractivity contribution in [1.82, 2.24) is 14.8 Å². The van der Waals surface area contributed by atoms with E-state index in [2.05, 4.69) is 89.3 Å². The molecule has 0 aliphatic carbocycles. The van der Waals surface area contributed by atoms with Crippen molar-refractivity contribution in [2.75, 3.05) is 12.4 Å². The number of rotatable bonds is 10. The topological polar surface area (TPSA) is 39.9 Å². The summed E-state index contributed by atoms with van der Waals surface area (Å²) >= 11 is 3.51. The fourth-order valence-corrected chi connectivity index (χ4v) is 4.92. The van der Waals surface area contributed by atoms with Gasteiger partial charge in [-0.15, -0.1) is 22.0 Å². The summed E-state index contributed by atoms with van der Waals surface area (Å²) in [7, 11) is 0. The van der Waals surface area contributed by atoms with Crippen LogP contribution in [0.25, 0.3) is 5.69 Å². The van der Waals surface area contributed by atoms with E-state index < -0.39 is 0 Å². The molecule has 1 heterocycles. The highest BCUT2D eigenvalue weighted by atomic mass is 32.2. The lowest BCUT2D eigenvalue weighted by Crippen LogP contribution is -2.03. The largest absolute Gasteiger partial charge is 0.494 e. The van der Waals surface area contributed by atoms with Crippen LogP contribution in [0.1, 0.15) is 23.4 Å². The van der Waals surface area contributed by atoms with E-state index >= 15 is 0 Å². The predicted molar refractivity (Wildman–Crippen MR) is 134 cm³/mol. The number of benzene rings is 3. The lowest BCUT2D eigenvalue weighted by molar-refractivity contribution is 0.318. The molecule has 6 heteroatoms. The molecule has 3 aromatic carbocycles. The van der Waals surface area contributed by atoms with Gasteiger partial charge in [0.25, 0.3) is 0 Å². The normalized spacial score (nSPS) is 10.9. The third-order valence-corrected chi connectivity index (χ3v) is 6.91. The summed E-state index contributed by atoms with van der Waals surface area (Å²) in [5.74, 6) is 3.57. The minimum atomic E-state index is 0.687. The van der Waals surface area contributed by atoms with Crippen LogP contribution in [0.3, 0.4) is 0 Å². The summed E-state index contributed by atoms with van der Waals surface area (Å²) in [6, 6.07) is 27.1. The Morgan fingerprint density at radius 2 is 1.62 bits per heavy atom. The van der Waals surface area contributed by atoms with Crippen LogP contribution in [0.15, 0.2) is 88.9 Å². The Morgan fingerprint density at radius 3 is 2.41 bits per heavy atom. The molecule has 0 atom stereocenters. The van der Waals surface area contributed by atoms with Crippen LogP contribution in [-0.2, 0) is 5.75 Å². The molecule has 0 saturated heterocycles. The van der Waals surface area contributed by atoms with Crippen molar-refractivity contribution in [3.63, 3.8) is 0 Å². The Morgan fingerprint density at radius 1 is 0.812 bits per heavy atom. The second-order valence-corrected chi connectivity index (χ2v) is 9.65. The van der Waals surface area contributed by atoms with Gasteiger partial charge in [0.2, 0.25) is 0 Å². The highest BCUT2D eigenvalue weighted by molar-refractivity contribution is 7.99. The quantitative estimate of drug-likeness (QED) is 0.193. The van der Waals surface area contributed by atoms with Gasteiger partial charge in [0.05, 0.1) is 12.4 Å². The Bertz CT molecular complexity index is 1130. The number of nitrogens with zero attached hydrogens (tertiary/aromatic N) is 3. The standard InChI is InChI=1S/C26H27N3OS2/c1-20-12-14-24(15-13-20)32-19-25-27-28-26(29(25)22-9-4-3-5-10-22)31-17-7-16-30-23-11-6-8-21(2)18-23/h3-6,8-15,18H,7,16-17,19H2,1-2H3. The molecule has 0 N–H and O–H groups in total. The average Bonchev–Trinajstić information content (AvgIpc) is 3.22. The van der Waals surface area contributed by atoms with Crippen molar-refractivity contribution in [2.45, 2.75) is 36.1 Å². The van der Waals surface area contributed by atoms with Gasteiger partial charge in [-0.1, -0.05) is 59.8 Å². The summed E-state index contributed by atoms with van der Waals surface area (Å²) in [6.45, 7) is 4.87. The predicted octanol–water partition coefficient (Wildman–Crippen LogP) is 6.74. The minimum Gasteiger partial charge on any atom is -0.494 e. The van der Waals surface area contributed by atoms with Gasteiger partial charge in [-0.25, -0.2) is 0 Å². The van der Waals surface area contributed by atoms with E-state index in [9.17, 15) is 0 Å². The van der Waals surface area contributed by atoms with Crippen molar-refractivity contribution in [3.8, 4) is 11.4 Å². The lowest BCUT2D eigenvalue weighted by atomic mass is 10.2. The summed E-state index contributed by atoms with van der Waals surface area (Å²) < 4.78 is 8.06. The van der Waals surface area contributed by atoms with Gasteiger partial charge in [-0.2, -0.15) is 0 Å². The van der Waals surface area contributed by atoms with Crippen LogP contribution in [0, 0.1) is 13.8 Å². The smallest absolute Gasteiger partial charge is 0.195 e. The number of hydrogen-bond donors (Lipinski definition) is 0. The fraction of sp³-hybridized carbons (Fsp3) is 0.231. The van der Waals surface area contributed by atoms with Gasteiger partial charge in [0, 0.05) is 16.3 Å². The third-order valence-electron chi connectivity index (χ3n) is 4.88. The molecule has 0 aliphatic heterocycles. The number of hydrogen-bond acceptors (Lipinski definition) is 5. The highest BCUT2D eigenvalue weighted by Gasteiger charge is 2.14. The first-order chi connectivity index (χ1) is 15.7. The first kappa shape index (κ1) is 22.5. The molecule has 0 amide bonds. The average molecular weight is 462 g/mol. The van der Waals surface area contributed by atoms with E-state index in [1.54, 1.807) is 23.5 Å². The molecule has 0 saturated carbocycles. The Hall–Kier alpha value is -2.70. The van der Waals surface area contributed by atoms with Crippen LogP contribution in [0.4, 0.5) is 0 Å². The molecular formula is C26H27N3OS2. The fourth-order valence-electron chi connectivity index (χ4n) is 3.22. The van der Waals surface area contributed by atoms with E-state index in [4.69, 9.17) is 4.74 Å². The van der Waals surface area contributed by atoms with Gasteiger partial charge < -0.3 is 4.74 Å². The number of para-hydroxylation sites is 1. The van der Waals surface area contributed by atoms with Gasteiger partial charge in [0.15, 0.2) is 5.16 Å². The second-order valence-electron chi connectivity index (χ2n) is 7.54. The highest BCUT2D eigenvalue weighted by Crippen LogP contribution is 2.28. The van der Waals surface area contributed by atoms with Crippen LogP contribution in [0.5, 0.6) is 5.75 Å². The maximum atomic E-state index is 5.88. The zero-order valence-corrected chi connectivity index (χ0v) is 20.0. The molecule has 0 aliphatic rings. The monoisotopic (exact) mass is 461 g/mol. The third kappa shape index (κ3) is 6.17. The molecule has 0 radical (unpaired) electrons. The Labute approximate surface area is 198 Å². The molecule has 4 nitrogen and oxygen atoms in total. The van der Waals surface area contributed by atoms with Crippen molar-refractivity contribution in [3.05, 3.63) is 95.8 Å². The van der Waals surface area contributed by atoms with Crippen molar-refractivity contribution in [2.24, 2.45) is 0 Å². The summed E-state index contributed by atoms with van der Waals surface area (Å²) in [5, 5.41) is 9.95. The summed E-state index contributed by atoms with van der Waals surface area (Å²) in [6.07, 6.45) is 0.938. The molecule has 4 aromatic rings. The summed E-state index contributed by atoms with van der Waals surface area (Å²) in [5.41, 5.74) is 3.58. The molecule has 0 bridgehead atoms. The molecular weight excluding hydrogens is 434 g/mol. The number of thioether (sulfide) groups is 2. The molecule has 32 heavy (non-hydrogen) atoms. The van der Waals surface area contributed by atoms with Crippen LogP contribution in [-0.4, -0.2) is 27.1 Å². The van der Waals surface area contributed by atoms with Gasteiger partial charge in [-0.3, -0.25) is 4.57 Å². The van der Waals surface area contributed by atoms with Gasteiger partial charge in [0.1, 0.15) is 11.6 Å². The Balaban J connectivity index is 1.39. The molecule has 0 fully saturated rings. The maximum Gasteiger partial charge on any atom is 0.195 e. The number of aromatic nitrogens is 3. The first-order valence-corrected chi connectivity index (χ1v) is 12.7. The van der Waals surface area contributed by atoms with Crippen LogP contribution < -0.4 is 4.74 Å². The SMILES string of the molecule is Cc1ccc(SCc2nnc(SCCCOc3cccc(C)c3)n2-c2ccccc2)cc1. The molecule has 0 spiro atoms. The van der Waals surface area contributed by atoms with Crippen LogP contribution >= 0.6 is 23.5 Å². The van der Waals surface area contributed by atoms with Crippen molar-refractivity contribution in [1.29, 1.82) is 0 Å². The van der Waals surface area contributed by atoms with Gasteiger partial charge >= 0.3 is 0 Å². The van der Waals surface area contributed by atoms with E-state index in [-0.39, 0.29) is 0 Å². The number of aryl methyl sites for hydroxylation is 2. The van der Waals surface area contributed by atoms with E-state index in [0.717, 1.165) is 40.3 Å². The minimum absolute atomic E-state index is 0.687. The molecule has 1 aromatic heterocycles. The van der Waals surface area contributed by atoms with Crippen molar-refractivity contribution < 1.29 is 4.74 Å². The maximum absolute atomic E-state index is 5.88. The molecule has 4 rings (SSSR count). The zero-order valence-electron chi connectivity index (χ0n) is 18.4. The molecule has 164 valence electrons. The van der Waals surface area contributed by atoms with Crippen molar-refractivity contribution >= 4 is 23.5 Å².